The van der Waals surface area contributed by atoms with Crippen LogP contribution in [-0.4, -0.2) is 26.8 Å². The number of nitriles is 1. The van der Waals surface area contributed by atoms with Crippen molar-refractivity contribution in [1.82, 2.24) is 9.99 Å². The van der Waals surface area contributed by atoms with Gasteiger partial charge in [-0.3, -0.25) is 9.99 Å². The lowest BCUT2D eigenvalue weighted by Crippen LogP contribution is -2.55. The predicted molar refractivity (Wildman–Crippen MR) is 150 cm³/mol. The van der Waals surface area contributed by atoms with E-state index in [-0.39, 0.29) is 10.9 Å². The first-order valence-corrected chi connectivity index (χ1v) is 13.2. The van der Waals surface area contributed by atoms with E-state index in [9.17, 15) is 13.9 Å². The lowest BCUT2D eigenvalue weighted by molar-refractivity contribution is -0.204. The molecule has 0 saturated heterocycles. The Kier molecular flexibility index (Phi) is 9.31. The molecule has 0 bridgehead atoms. The van der Waals surface area contributed by atoms with Crippen molar-refractivity contribution >= 4 is 16.9 Å². The van der Waals surface area contributed by atoms with Gasteiger partial charge in [0.05, 0.1) is 24.4 Å². The Balaban J connectivity index is 1.64. The smallest absolute Gasteiger partial charge is 0.323 e. The summed E-state index contributed by atoms with van der Waals surface area (Å²) >= 11 is 1.00. The molecule has 0 radical (unpaired) electrons. The van der Waals surface area contributed by atoms with Crippen molar-refractivity contribution < 1.29 is 27.4 Å². The molecule has 3 aromatic carbocycles. The summed E-state index contributed by atoms with van der Waals surface area (Å²) < 4.78 is 66.6. The maximum absolute atomic E-state index is 16.2. The Morgan fingerprint density at radius 3 is 2.31 bits per heavy atom. The van der Waals surface area contributed by atoms with E-state index in [4.69, 9.17) is 21.7 Å². The minimum atomic E-state index is -4.28. The first kappa shape index (κ1) is 30.3. The molecule has 4 aromatic rings. The van der Waals surface area contributed by atoms with Crippen LogP contribution < -0.4 is 16.4 Å². The van der Waals surface area contributed by atoms with Crippen LogP contribution in [0.5, 0.6) is 11.5 Å². The van der Waals surface area contributed by atoms with Crippen LogP contribution >= 0.6 is 11.8 Å². The minimum absolute atomic E-state index is 0.0751. The van der Waals surface area contributed by atoms with Crippen LogP contribution in [0.2, 0.25) is 0 Å². The van der Waals surface area contributed by atoms with Crippen LogP contribution in [0.15, 0.2) is 96.2 Å². The summed E-state index contributed by atoms with van der Waals surface area (Å²) in [5.74, 6) is 5.50. The van der Waals surface area contributed by atoms with Crippen molar-refractivity contribution in [3.8, 4) is 17.6 Å². The first-order chi connectivity index (χ1) is 20.1. The van der Waals surface area contributed by atoms with Crippen LogP contribution in [0.3, 0.4) is 0 Å². The van der Waals surface area contributed by atoms with Crippen molar-refractivity contribution in [2.24, 2.45) is 16.8 Å². The van der Waals surface area contributed by atoms with Crippen LogP contribution in [0, 0.1) is 23.0 Å². The average Bonchev–Trinajstić information content (AvgIpc) is 2.98. The summed E-state index contributed by atoms with van der Waals surface area (Å²) in [6.07, 6.45) is 0.992. The Labute approximate surface area is 242 Å². The number of hydrogen-bond donors (Lipinski definition) is 3. The number of alkyl halides is 2. The van der Waals surface area contributed by atoms with E-state index in [1.165, 1.54) is 30.3 Å². The fourth-order valence-electron chi connectivity index (χ4n) is 3.98. The summed E-state index contributed by atoms with van der Waals surface area (Å²) in [5.41, 5.74) is -3.98. The molecule has 0 fully saturated rings. The monoisotopic (exact) mass is 596 g/mol. The molecule has 0 saturated carbocycles. The van der Waals surface area contributed by atoms with Gasteiger partial charge in [0.25, 0.3) is 0 Å². The SMILES string of the molecule is N#Cc1ccc(Oc2ccc(C(F)(F)C(O)(CN(N)/C(=N\N)SCc3ccccc3)c3ccc(F)cc3F)nc2)cc1. The number of aliphatic hydroxyl groups is 1. The Hall–Kier alpha value is -4.64. The second-order valence-electron chi connectivity index (χ2n) is 8.99. The van der Waals surface area contributed by atoms with E-state index in [0.29, 0.717) is 34.2 Å². The molecule has 0 amide bonds. The maximum Gasteiger partial charge on any atom is 0.323 e. The number of ether oxygens (including phenoxy) is 1. The molecule has 216 valence electrons. The van der Waals surface area contributed by atoms with Gasteiger partial charge in [-0.15, -0.1) is 0 Å². The fraction of sp³-hybridized carbons (Fsp3) is 0.138. The van der Waals surface area contributed by atoms with E-state index in [1.807, 2.05) is 24.3 Å². The number of hydrazone groups is 1. The first-order valence-electron chi connectivity index (χ1n) is 12.2. The standard InChI is InChI=1S/C29H24F4N6O2S/c30-21-8-12-24(25(31)14-21)28(40,18-39(36)27(38-35)42-17-20-4-2-1-3-5-20)29(32,33)26-13-11-23(16-37-26)41-22-9-6-19(15-34)7-10-22/h1-14,16,40H,17-18,35-36H2/b38-27+. The topological polar surface area (TPSA) is 134 Å². The molecule has 0 aliphatic rings. The van der Waals surface area contributed by atoms with E-state index in [0.717, 1.165) is 35.7 Å². The van der Waals surface area contributed by atoms with Crippen molar-refractivity contribution in [2.75, 3.05) is 6.54 Å². The molecule has 1 unspecified atom stereocenters. The van der Waals surface area contributed by atoms with Crippen LogP contribution in [-0.2, 0) is 17.3 Å². The van der Waals surface area contributed by atoms with Crippen molar-refractivity contribution in [3.63, 3.8) is 0 Å². The molecule has 0 aliphatic carbocycles. The van der Waals surface area contributed by atoms with Gasteiger partial charge >= 0.3 is 5.92 Å². The summed E-state index contributed by atoms with van der Waals surface area (Å²) in [6.45, 7) is -1.11. The second-order valence-corrected chi connectivity index (χ2v) is 9.93. The normalized spacial score (nSPS) is 13.2. The summed E-state index contributed by atoms with van der Waals surface area (Å²) in [6, 6.07) is 21.0. The van der Waals surface area contributed by atoms with Crippen LogP contribution in [0.4, 0.5) is 17.6 Å². The lowest BCUT2D eigenvalue weighted by atomic mass is 9.84. The van der Waals surface area contributed by atoms with Crippen molar-refractivity contribution in [2.45, 2.75) is 17.3 Å². The summed E-state index contributed by atoms with van der Waals surface area (Å²) in [4.78, 5) is 3.76. The van der Waals surface area contributed by atoms with Crippen molar-refractivity contribution in [1.29, 1.82) is 5.26 Å². The van der Waals surface area contributed by atoms with E-state index in [2.05, 4.69) is 10.1 Å². The third kappa shape index (κ3) is 6.63. The predicted octanol–water partition coefficient (Wildman–Crippen LogP) is 5.34. The van der Waals surface area contributed by atoms with Gasteiger partial charge in [-0.2, -0.15) is 19.1 Å². The third-order valence-electron chi connectivity index (χ3n) is 6.14. The quantitative estimate of drug-likeness (QED) is 0.0775. The molecule has 42 heavy (non-hydrogen) atoms. The zero-order valence-corrected chi connectivity index (χ0v) is 22.6. The Morgan fingerprint density at radius 2 is 1.71 bits per heavy atom. The fourth-order valence-corrected chi connectivity index (χ4v) is 4.77. The molecule has 8 nitrogen and oxygen atoms in total. The van der Waals surface area contributed by atoms with Gasteiger partial charge in [-0.25, -0.2) is 14.6 Å². The number of nitrogens with two attached hydrogens (primary N) is 2. The number of benzene rings is 3. The average molecular weight is 597 g/mol. The minimum Gasteiger partial charge on any atom is -0.456 e. The largest absolute Gasteiger partial charge is 0.456 e. The van der Waals surface area contributed by atoms with Gasteiger partial charge in [-0.05, 0) is 54.1 Å². The number of nitrogens with zero attached hydrogens (tertiary/aromatic N) is 4. The highest BCUT2D eigenvalue weighted by Crippen LogP contribution is 2.46. The molecule has 5 N–H and O–H groups in total. The number of halogens is 4. The Bertz CT molecular complexity index is 1590. The number of amidine groups is 1. The molecular formula is C29H24F4N6O2S. The zero-order valence-electron chi connectivity index (χ0n) is 21.8. The van der Waals surface area contributed by atoms with Crippen molar-refractivity contribution in [3.05, 3.63) is 125 Å². The van der Waals surface area contributed by atoms with Crippen LogP contribution in [0.25, 0.3) is 0 Å². The number of thioether (sulfide) groups is 1. The molecule has 13 heteroatoms. The Morgan fingerprint density at radius 1 is 1.02 bits per heavy atom. The number of aromatic nitrogens is 1. The van der Waals surface area contributed by atoms with Gasteiger partial charge in [-0.1, -0.05) is 42.1 Å². The van der Waals surface area contributed by atoms with Crippen LogP contribution in [0.1, 0.15) is 22.4 Å². The molecule has 0 spiro atoms. The van der Waals surface area contributed by atoms with Gasteiger partial charge in [0.1, 0.15) is 28.8 Å². The van der Waals surface area contributed by atoms with Gasteiger partial charge < -0.3 is 15.7 Å². The van der Waals surface area contributed by atoms with Gasteiger partial charge in [0.15, 0.2) is 10.8 Å². The molecule has 1 heterocycles. The highest BCUT2D eigenvalue weighted by molar-refractivity contribution is 8.13. The summed E-state index contributed by atoms with van der Waals surface area (Å²) in [7, 11) is 0. The van der Waals surface area contributed by atoms with E-state index in [1.54, 1.807) is 12.1 Å². The third-order valence-corrected chi connectivity index (χ3v) is 7.22. The number of rotatable bonds is 9. The number of pyridine rings is 1. The number of hydrogen-bond acceptors (Lipinski definition) is 8. The highest BCUT2D eigenvalue weighted by Gasteiger charge is 2.58. The molecule has 0 aliphatic heterocycles. The number of hydrazine groups is 1. The molecule has 1 atom stereocenters. The van der Waals surface area contributed by atoms with Gasteiger partial charge in [0.2, 0.25) is 0 Å². The van der Waals surface area contributed by atoms with E-state index < -0.39 is 41.0 Å². The molecule has 4 rings (SSSR count). The summed E-state index contributed by atoms with van der Waals surface area (Å²) in [5, 5.41) is 24.6. The molecular weight excluding hydrogens is 572 g/mol. The lowest BCUT2D eigenvalue weighted by Gasteiger charge is -2.38. The molecule has 1 aromatic heterocycles. The second kappa shape index (κ2) is 12.9. The highest BCUT2D eigenvalue weighted by atomic mass is 32.2. The van der Waals surface area contributed by atoms with Gasteiger partial charge in [0, 0.05) is 17.4 Å². The zero-order chi connectivity index (χ0) is 30.3. The maximum atomic E-state index is 16.2. The van der Waals surface area contributed by atoms with E-state index >= 15 is 8.78 Å².